The number of hydrogen-bond acceptors (Lipinski definition) is 4. The first-order valence-corrected chi connectivity index (χ1v) is 10.6. The van der Waals surface area contributed by atoms with E-state index >= 15 is 0 Å². The van der Waals surface area contributed by atoms with Gasteiger partial charge in [0, 0.05) is 38.4 Å². The minimum absolute atomic E-state index is 0.0225. The van der Waals surface area contributed by atoms with E-state index in [-0.39, 0.29) is 5.91 Å². The minimum atomic E-state index is -0.0225. The maximum absolute atomic E-state index is 12.6. The van der Waals surface area contributed by atoms with E-state index in [9.17, 15) is 4.79 Å². The van der Waals surface area contributed by atoms with Gasteiger partial charge in [0.2, 0.25) is 0 Å². The van der Waals surface area contributed by atoms with Crippen LogP contribution < -0.4 is 10.2 Å². The molecule has 1 amide bonds. The third kappa shape index (κ3) is 4.71. The molecule has 2 aliphatic rings. The van der Waals surface area contributed by atoms with E-state index in [2.05, 4.69) is 50.4 Å². The number of nitrogens with zero attached hydrogens (tertiary/aromatic N) is 3. The molecule has 2 saturated heterocycles. The molecule has 148 valence electrons. The van der Waals surface area contributed by atoms with Crippen LogP contribution in [0.4, 0.5) is 5.82 Å². The van der Waals surface area contributed by atoms with Crippen LogP contribution in [0.3, 0.4) is 0 Å². The third-order valence-corrected chi connectivity index (χ3v) is 5.92. The van der Waals surface area contributed by atoms with Crippen molar-refractivity contribution in [2.24, 2.45) is 0 Å². The van der Waals surface area contributed by atoms with Crippen molar-refractivity contribution in [1.82, 2.24) is 15.2 Å². The first-order valence-electron chi connectivity index (χ1n) is 10.6. The summed E-state index contributed by atoms with van der Waals surface area (Å²) < 4.78 is 0. The molecule has 5 heteroatoms. The number of amides is 1. The highest BCUT2D eigenvalue weighted by atomic mass is 16.1. The number of nitrogens with one attached hydrogen (secondary N) is 1. The molecule has 0 radical (unpaired) electrons. The van der Waals surface area contributed by atoms with Gasteiger partial charge >= 0.3 is 0 Å². The minimum Gasteiger partial charge on any atom is -0.357 e. The number of hydrogen-bond donors (Lipinski definition) is 1. The highest BCUT2D eigenvalue weighted by Crippen LogP contribution is 2.20. The normalized spacial score (nSPS) is 20.3. The predicted octanol–water partition coefficient (Wildman–Crippen LogP) is 3.47. The number of likely N-dealkylation sites (tertiary alicyclic amines) is 1. The SMILES string of the molecule is O=C(NCC1CCCCN1Cc1ccccc1)c1ccc(N2CCCC2)nc1. The molecule has 0 aliphatic carbocycles. The number of benzene rings is 1. The molecule has 2 fully saturated rings. The molecule has 28 heavy (non-hydrogen) atoms. The fourth-order valence-corrected chi connectivity index (χ4v) is 4.28. The Kier molecular flexibility index (Phi) is 6.22. The van der Waals surface area contributed by atoms with Gasteiger partial charge in [-0.15, -0.1) is 0 Å². The number of piperidine rings is 1. The largest absolute Gasteiger partial charge is 0.357 e. The standard InChI is InChI=1S/C23H30N4O/c28-23(20-11-12-22(24-16-20)26-13-6-7-14-26)25-17-21-10-4-5-15-27(21)18-19-8-2-1-3-9-19/h1-3,8-9,11-12,16,21H,4-7,10,13-15,17-18H2,(H,25,28). The Morgan fingerprint density at radius 2 is 1.79 bits per heavy atom. The lowest BCUT2D eigenvalue weighted by Gasteiger charge is -2.35. The van der Waals surface area contributed by atoms with Gasteiger partial charge in [-0.2, -0.15) is 0 Å². The number of carbonyl (C=O) groups is 1. The van der Waals surface area contributed by atoms with E-state index in [1.807, 2.05) is 12.1 Å². The highest BCUT2D eigenvalue weighted by Gasteiger charge is 2.23. The smallest absolute Gasteiger partial charge is 0.252 e. The molecular weight excluding hydrogens is 348 g/mol. The van der Waals surface area contributed by atoms with E-state index in [0.29, 0.717) is 18.2 Å². The van der Waals surface area contributed by atoms with Crippen LogP contribution in [0.25, 0.3) is 0 Å². The van der Waals surface area contributed by atoms with Gasteiger partial charge in [-0.1, -0.05) is 36.8 Å². The third-order valence-electron chi connectivity index (χ3n) is 5.92. The second-order valence-corrected chi connectivity index (χ2v) is 7.91. The van der Waals surface area contributed by atoms with Gasteiger partial charge in [0.25, 0.3) is 5.91 Å². The van der Waals surface area contributed by atoms with Crippen LogP contribution in [0, 0.1) is 0 Å². The summed E-state index contributed by atoms with van der Waals surface area (Å²) in [5.74, 6) is 0.959. The Balaban J connectivity index is 1.32. The molecule has 1 atom stereocenters. The molecule has 1 unspecified atom stereocenters. The number of carbonyl (C=O) groups excluding carboxylic acids is 1. The van der Waals surface area contributed by atoms with Crippen LogP contribution in [0.2, 0.25) is 0 Å². The van der Waals surface area contributed by atoms with Crippen molar-refractivity contribution in [3.05, 3.63) is 59.8 Å². The van der Waals surface area contributed by atoms with Gasteiger partial charge in [0.05, 0.1) is 5.56 Å². The van der Waals surface area contributed by atoms with Crippen molar-refractivity contribution in [2.75, 3.05) is 31.1 Å². The van der Waals surface area contributed by atoms with E-state index in [1.165, 1.54) is 31.2 Å². The summed E-state index contributed by atoms with van der Waals surface area (Å²) in [6.45, 7) is 4.88. The number of aromatic nitrogens is 1. The van der Waals surface area contributed by atoms with Crippen molar-refractivity contribution in [1.29, 1.82) is 0 Å². The van der Waals surface area contributed by atoms with Gasteiger partial charge < -0.3 is 10.2 Å². The summed E-state index contributed by atoms with van der Waals surface area (Å²) >= 11 is 0. The van der Waals surface area contributed by atoms with E-state index in [4.69, 9.17) is 0 Å². The molecule has 0 saturated carbocycles. The van der Waals surface area contributed by atoms with Gasteiger partial charge in [0.1, 0.15) is 5.82 Å². The second-order valence-electron chi connectivity index (χ2n) is 7.91. The van der Waals surface area contributed by atoms with Gasteiger partial charge in [0.15, 0.2) is 0 Å². The van der Waals surface area contributed by atoms with Crippen LogP contribution >= 0.6 is 0 Å². The zero-order valence-corrected chi connectivity index (χ0v) is 16.5. The Morgan fingerprint density at radius 1 is 1.00 bits per heavy atom. The Bertz CT molecular complexity index is 756. The first-order chi connectivity index (χ1) is 13.8. The van der Waals surface area contributed by atoms with E-state index in [0.717, 1.165) is 38.4 Å². The topological polar surface area (TPSA) is 48.5 Å². The van der Waals surface area contributed by atoms with Crippen LogP contribution in [0.5, 0.6) is 0 Å². The molecule has 1 aromatic carbocycles. The summed E-state index contributed by atoms with van der Waals surface area (Å²) in [6.07, 6.45) is 7.78. The van der Waals surface area contributed by atoms with Crippen LogP contribution in [-0.2, 0) is 6.54 Å². The lowest BCUT2D eigenvalue weighted by molar-refractivity contribution is 0.0907. The fraction of sp³-hybridized carbons (Fsp3) is 0.478. The fourth-order valence-electron chi connectivity index (χ4n) is 4.28. The monoisotopic (exact) mass is 378 g/mol. The molecule has 1 aromatic heterocycles. The van der Waals surface area contributed by atoms with Gasteiger partial charge in [-0.05, 0) is 49.9 Å². The summed E-state index contributed by atoms with van der Waals surface area (Å²) in [5, 5.41) is 3.14. The Labute approximate surface area is 167 Å². The summed E-state index contributed by atoms with van der Waals surface area (Å²) in [7, 11) is 0. The molecule has 5 nitrogen and oxygen atoms in total. The van der Waals surface area contributed by atoms with Gasteiger partial charge in [-0.3, -0.25) is 9.69 Å². The predicted molar refractivity (Wildman–Crippen MR) is 113 cm³/mol. The summed E-state index contributed by atoms with van der Waals surface area (Å²) in [5.41, 5.74) is 1.98. The molecule has 4 rings (SSSR count). The first kappa shape index (κ1) is 18.9. The summed E-state index contributed by atoms with van der Waals surface area (Å²) in [6, 6.07) is 14.9. The second kappa shape index (κ2) is 9.20. The molecule has 3 heterocycles. The lowest BCUT2D eigenvalue weighted by Crippen LogP contribution is -2.46. The molecule has 2 aromatic rings. The lowest BCUT2D eigenvalue weighted by atomic mass is 10.0. The number of anilines is 1. The van der Waals surface area contributed by atoms with E-state index < -0.39 is 0 Å². The van der Waals surface area contributed by atoms with E-state index in [1.54, 1.807) is 6.20 Å². The zero-order valence-electron chi connectivity index (χ0n) is 16.5. The number of pyridine rings is 1. The van der Waals surface area contributed by atoms with Crippen molar-refractivity contribution >= 4 is 11.7 Å². The maximum atomic E-state index is 12.6. The molecule has 0 bridgehead atoms. The molecular formula is C23H30N4O. The number of rotatable bonds is 6. The molecule has 2 aliphatic heterocycles. The summed E-state index contributed by atoms with van der Waals surface area (Å²) in [4.78, 5) is 21.9. The van der Waals surface area contributed by atoms with Crippen LogP contribution in [0.15, 0.2) is 48.7 Å². The quantitative estimate of drug-likeness (QED) is 0.836. The van der Waals surface area contributed by atoms with Crippen molar-refractivity contribution in [3.63, 3.8) is 0 Å². The van der Waals surface area contributed by atoms with Crippen LogP contribution in [-0.4, -0.2) is 48.0 Å². The van der Waals surface area contributed by atoms with Crippen molar-refractivity contribution in [2.45, 2.75) is 44.7 Å². The highest BCUT2D eigenvalue weighted by molar-refractivity contribution is 5.94. The van der Waals surface area contributed by atoms with Crippen molar-refractivity contribution in [3.8, 4) is 0 Å². The Morgan fingerprint density at radius 3 is 2.54 bits per heavy atom. The Hall–Kier alpha value is -2.40. The molecule has 1 N–H and O–H groups in total. The zero-order chi connectivity index (χ0) is 19.2. The van der Waals surface area contributed by atoms with Crippen molar-refractivity contribution < 1.29 is 4.79 Å². The van der Waals surface area contributed by atoms with Gasteiger partial charge in [-0.25, -0.2) is 4.98 Å². The van der Waals surface area contributed by atoms with Crippen LogP contribution in [0.1, 0.15) is 48.0 Å². The molecule has 0 spiro atoms. The average molecular weight is 379 g/mol. The maximum Gasteiger partial charge on any atom is 0.252 e. The average Bonchev–Trinajstić information content (AvgIpc) is 3.29.